The van der Waals surface area contributed by atoms with Crippen LogP contribution in [0.15, 0.2) is 42.6 Å². The zero-order valence-corrected chi connectivity index (χ0v) is 12.9. The Hall–Kier alpha value is -1.62. The van der Waals surface area contributed by atoms with E-state index < -0.39 is 0 Å². The van der Waals surface area contributed by atoms with Crippen LogP contribution in [0.3, 0.4) is 0 Å². The second-order valence-corrected chi connectivity index (χ2v) is 4.88. The number of nitrogens with zero attached hydrogens (tertiary/aromatic N) is 1. The molecular weight excluding hydrogens is 288 g/mol. The number of nitrogens with one attached hydrogen (secondary N) is 1. The zero-order chi connectivity index (χ0) is 15.1. The Morgan fingerprint density at radius 3 is 2.71 bits per heavy atom. The molecule has 0 fully saturated rings. The number of aromatic nitrogens is 1. The van der Waals surface area contributed by atoms with Crippen molar-refractivity contribution in [2.75, 3.05) is 27.4 Å². The molecule has 0 spiro atoms. The lowest BCUT2D eigenvalue weighted by Crippen LogP contribution is -2.20. The zero-order valence-electron chi connectivity index (χ0n) is 12.2. The van der Waals surface area contributed by atoms with Gasteiger partial charge in [-0.15, -0.1) is 0 Å². The highest BCUT2D eigenvalue weighted by Crippen LogP contribution is 2.31. The third-order valence-corrected chi connectivity index (χ3v) is 3.44. The molecule has 1 aromatic carbocycles. The molecule has 0 aliphatic carbocycles. The van der Waals surface area contributed by atoms with E-state index in [-0.39, 0.29) is 6.04 Å². The summed E-state index contributed by atoms with van der Waals surface area (Å²) in [7, 11) is 3.53. The van der Waals surface area contributed by atoms with Gasteiger partial charge in [0.2, 0.25) is 0 Å². The number of hydrogen-bond acceptors (Lipinski definition) is 4. The van der Waals surface area contributed by atoms with Gasteiger partial charge in [-0.3, -0.25) is 4.98 Å². The minimum atomic E-state index is -0.127. The molecule has 0 saturated carbocycles. The van der Waals surface area contributed by atoms with Crippen LogP contribution < -0.4 is 10.1 Å². The number of hydrogen-bond donors (Lipinski definition) is 1. The van der Waals surface area contributed by atoms with Gasteiger partial charge in [0.15, 0.2) is 0 Å². The maximum atomic E-state index is 6.26. The molecule has 5 heteroatoms. The van der Waals surface area contributed by atoms with E-state index in [4.69, 9.17) is 21.1 Å². The Bertz CT molecular complexity index is 578. The molecular formula is C16H19ClN2O2. The normalized spacial score (nSPS) is 12.1. The molecule has 0 amide bonds. The van der Waals surface area contributed by atoms with Crippen molar-refractivity contribution in [1.29, 1.82) is 0 Å². The second-order valence-electron chi connectivity index (χ2n) is 4.47. The number of benzene rings is 1. The van der Waals surface area contributed by atoms with Gasteiger partial charge in [0.25, 0.3) is 0 Å². The van der Waals surface area contributed by atoms with Crippen LogP contribution in [0.25, 0.3) is 0 Å². The van der Waals surface area contributed by atoms with Crippen LogP contribution >= 0.6 is 11.6 Å². The Labute approximate surface area is 130 Å². The summed E-state index contributed by atoms with van der Waals surface area (Å²) in [5.41, 5.74) is 1.78. The predicted molar refractivity (Wildman–Crippen MR) is 84.0 cm³/mol. The largest absolute Gasteiger partial charge is 0.491 e. The van der Waals surface area contributed by atoms with Crippen LogP contribution in [0.1, 0.15) is 17.3 Å². The highest BCUT2D eigenvalue weighted by atomic mass is 35.5. The van der Waals surface area contributed by atoms with E-state index in [2.05, 4.69) is 10.3 Å². The summed E-state index contributed by atoms with van der Waals surface area (Å²) < 4.78 is 10.8. The Kier molecular flexibility index (Phi) is 5.99. The highest BCUT2D eigenvalue weighted by Gasteiger charge is 2.20. The second kappa shape index (κ2) is 7.98. The summed E-state index contributed by atoms with van der Waals surface area (Å²) in [4.78, 5) is 4.39. The van der Waals surface area contributed by atoms with Gasteiger partial charge in [0.1, 0.15) is 12.4 Å². The molecule has 1 aromatic heterocycles. The molecule has 4 nitrogen and oxygen atoms in total. The molecule has 0 radical (unpaired) electrons. The molecule has 21 heavy (non-hydrogen) atoms. The summed E-state index contributed by atoms with van der Waals surface area (Å²) in [6.07, 6.45) is 1.74. The van der Waals surface area contributed by atoms with Crippen LogP contribution in [-0.2, 0) is 4.74 Å². The van der Waals surface area contributed by atoms with Crippen LogP contribution in [0.4, 0.5) is 0 Å². The molecule has 0 aliphatic heterocycles. The van der Waals surface area contributed by atoms with Crippen LogP contribution in [-0.4, -0.2) is 32.4 Å². The number of methoxy groups -OCH3 is 1. The Balaban J connectivity index is 2.32. The first-order valence-electron chi connectivity index (χ1n) is 6.76. The Morgan fingerprint density at radius 1 is 1.19 bits per heavy atom. The van der Waals surface area contributed by atoms with Crippen molar-refractivity contribution in [2.24, 2.45) is 0 Å². The van der Waals surface area contributed by atoms with E-state index in [0.717, 1.165) is 17.0 Å². The summed E-state index contributed by atoms with van der Waals surface area (Å²) in [5.74, 6) is 0.801. The minimum absolute atomic E-state index is 0.127. The van der Waals surface area contributed by atoms with E-state index in [1.165, 1.54) is 0 Å². The third kappa shape index (κ3) is 3.94. The number of halogens is 1. The van der Waals surface area contributed by atoms with Crippen molar-refractivity contribution in [3.63, 3.8) is 0 Å². The summed E-state index contributed by atoms with van der Waals surface area (Å²) in [6, 6.07) is 11.4. The number of para-hydroxylation sites is 1. The SMILES string of the molecule is CNC(c1ccccc1OCCOC)c1ncccc1Cl. The van der Waals surface area contributed by atoms with Crippen LogP contribution in [0.2, 0.25) is 5.02 Å². The first kappa shape index (κ1) is 15.8. The van der Waals surface area contributed by atoms with Gasteiger partial charge in [-0.2, -0.15) is 0 Å². The van der Waals surface area contributed by atoms with Crippen molar-refractivity contribution in [3.05, 3.63) is 58.9 Å². The van der Waals surface area contributed by atoms with Gasteiger partial charge in [-0.25, -0.2) is 0 Å². The minimum Gasteiger partial charge on any atom is -0.491 e. The van der Waals surface area contributed by atoms with E-state index in [1.54, 1.807) is 13.3 Å². The Morgan fingerprint density at radius 2 is 2.00 bits per heavy atom. The average molecular weight is 307 g/mol. The van der Waals surface area contributed by atoms with Crippen LogP contribution in [0, 0.1) is 0 Å². The van der Waals surface area contributed by atoms with Gasteiger partial charge < -0.3 is 14.8 Å². The van der Waals surface area contributed by atoms with Crippen molar-refractivity contribution in [2.45, 2.75) is 6.04 Å². The molecule has 1 heterocycles. The molecule has 2 aromatic rings. The molecule has 2 rings (SSSR count). The third-order valence-electron chi connectivity index (χ3n) is 3.12. The number of ether oxygens (including phenoxy) is 2. The molecule has 112 valence electrons. The molecule has 0 aliphatic rings. The lowest BCUT2D eigenvalue weighted by Gasteiger charge is -2.20. The van der Waals surface area contributed by atoms with Gasteiger partial charge in [-0.05, 0) is 25.2 Å². The number of rotatable bonds is 7. The number of pyridine rings is 1. The quantitative estimate of drug-likeness (QED) is 0.798. The fraction of sp³-hybridized carbons (Fsp3) is 0.312. The standard InChI is InChI=1S/C16H19ClN2O2/c1-18-15(16-13(17)7-5-9-19-16)12-6-3-4-8-14(12)21-11-10-20-2/h3-9,15,18H,10-11H2,1-2H3. The monoisotopic (exact) mass is 306 g/mol. The van der Waals surface area contributed by atoms with Gasteiger partial charge in [-0.1, -0.05) is 29.8 Å². The van der Waals surface area contributed by atoms with Crippen LogP contribution in [0.5, 0.6) is 5.75 Å². The summed E-state index contributed by atoms with van der Waals surface area (Å²) in [5, 5.41) is 3.88. The lowest BCUT2D eigenvalue weighted by molar-refractivity contribution is 0.145. The van der Waals surface area contributed by atoms with Gasteiger partial charge in [0, 0.05) is 18.9 Å². The molecule has 0 saturated heterocycles. The first-order valence-corrected chi connectivity index (χ1v) is 7.14. The van der Waals surface area contributed by atoms with E-state index in [9.17, 15) is 0 Å². The lowest BCUT2D eigenvalue weighted by atomic mass is 10.0. The maximum absolute atomic E-state index is 6.26. The van der Waals surface area contributed by atoms with E-state index in [1.807, 2.05) is 43.4 Å². The predicted octanol–water partition coefficient (Wildman–Crippen LogP) is 3.07. The topological polar surface area (TPSA) is 43.4 Å². The fourth-order valence-electron chi connectivity index (χ4n) is 2.14. The van der Waals surface area contributed by atoms with Crippen molar-refractivity contribution in [3.8, 4) is 5.75 Å². The molecule has 0 bridgehead atoms. The molecule has 1 N–H and O–H groups in total. The maximum Gasteiger partial charge on any atom is 0.124 e. The summed E-state index contributed by atoms with van der Waals surface area (Å²) in [6.45, 7) is 1.04. The average Bonchev–Trinajstić information content (AvgIpc) is 2.51. The fourth-order valence-corrected chi connectivity index (χ4v) is 2.37. The highest BCUT2D eigenvalue weighted by molar-refractivity contribution is 6.31. The molecule has 1 atom stereocenters. The summed E-state index contributed by atoms with van der Waals surface area (Å²) >= 11 is 6.26. The smallest absolute Gasteiger partial charge is 0.124 e. The van der Waals surface area contributed by atoms with Gasteiger partial charge in [0.05, 0.1) is 23.4 Å². The van der Waals surface area contributed by atoms with Crippen molar-refractivity contribution in [1.82, 2.24) is 10.3 Å². The van der Waals surface area contributed by atoms with E-state index in [0.29, 0.717) is 18.2 Å². The molecule has 1 unspecified atom stereocenters. The first-order chi connectivity index (χ1) is 10.3. The van der Waals surface area contributed by atoms with E-state index >= 15 is 0 Å². The van der Waals surface area contributed by atoms with Gasteiger partial charge >= 0.3 is 0 Å². The van der Waals surface area contributed by atoms with Crippen molar-refractivity contribution >= 4 is 11.6 Å². The van der Waals surface area contributed by atoms with Crippen molar-refractivity contribution < 1.29 is 9.47 Å².